The highest BCUT2D eigenvalue weighted by molar-refractivity contribution is 7.89. The lowest BCUT2D eigenvalue weighted by molar-refractivity contribution is 0.0243. The number of benzene rings is 1. The van der Waals surface area contributed by atoms with Crippen LogP contribution in [0.25, 0.3) is 0 Å². The fourth-order valence-electron chi connectivity index (χ4n) is 3.60. The van der Waals surface area contributed by atoms with E-state index in [1.54, 1.807) is 16.4 Å². The molecule has 2 N–H and O–H groups in total. The molecule has 1 unspecified atom stereocenters. The summed E-state index contributed by atoms with van der Waals surface area (Å²) in [5.74, 6) is 0.744. The minimum atomic E-state index is -3.36. The zero-order valence-electron chi connectivity index (χ0n) is 16.9. The lowest BCUT2D eigenvalue weighted by Crippen LogP contribution is -2.45. The van der Waals surface area contributed by atoms with Gasteiger partial charge in [-0.25, -0.2) is 13.4 Å². The van der Waals surface area contributed by atoms with Crippen LogP contribution in [0.1, 0.15) is 45.1 Å². The number of nitrogens with zero attached hydrogens (tertiary/aromatic N) is 2. The third-order valence-electron chi connectivity index (χ3n) is 5.32. The van der Waals surface area contributed by atoms with E-state index in [1.165, 1.54) is 0 Å². The standard InChI is InChI=1S/C20H32N4O3S/c1-3-21-19(23-16-20(2)11-6-14-27-20)22-15-17-7-9-18(10-8-17)28(25,26)24-12-4-5-13-24/h7-10H,3-6,11-16H2,1-2H3,(H2,21,22,23). The van der Waals surface area contributed by atoms with E-state index in [1.807, 2.05) is 19.1 Å². The van der Waals surface area contributed by atoms with Crippen LogP contribution in [-0.4, -0.2) is 57.1 Å². The molecule has 2 heterocycles. The Bertz CT molecular complexity index is 765. The number of hydrogen-bond donors (Lipinski definition) is 2. The Hall–Kier alpha value is -1.64. The molecule has 0 radical (unpaired) electrons. The molecule has 28 heavy (non-hydrogen) atoms. The summed E-state index contributed by atoms with van der Waals surface area (Å²) in [6.07, 6.45) is 4.03. The van der Waals surface area contributed by atoms with Gasteiger partial charge in [-0.2, -0.15) is 4.31 Å². The second kappa shape index (κ2) is 9.24. The summed E-state index contributed by atoms with van der Waals surface area (Å²) in [7, 11) is -3.36. The van der Waals surface area contributed by atoms with Crippen molar-refractivity contribution in [3.05, 3.63) is 29.8 Å². The summed E-state index contributed by atoms with van der Waals surface area (Å²) in [5, 5.41) is 6.60. The normalized spacial score (nSPS) is 23.9. The van der Waals surface area contributed by atoms with Crippen molar-refractivity contribution in [3.63, 3.8) is 0 Å². The van der Waals surface area contributed by atoms with Gasteiger partial charge in [-0.3, -0.25) is 0 Å². The van der Waals surface area contributed by atoms with E-state index in [4.69, 9.17) is 4.74 Å². The Morgan fingerprint density at radius 1 is 1.18 bits per heavy atom. The number of rotatable bonds is 7. The summed E-state index contributed by atoms with van der Waals surface area (Å²) in [6, 6.07) is 7.06. The smallest absolute Gasteiger partial charge is 0.243 e. The molecule has 1 aromatic carbocycles. The van der Waals surface area contributed by atoms with E-state index in [0.29, 0.717) is 31.1 Å². The van der Waals surface area contributed by atoms with Crippen LogP contribution >= 0.6 is 0 Å². The minimum absolute atomic E-state index is 0.137. The molecule has 0 saturated carbocycles. The van der Waals surface area contributed by atoms with Crippen molar-refractivity contribution in [2.45, 2.75) is 56.6 Å². The molecule has 2 saturated heterocycles. The summed E-state index contributed by atoms with van der Waals surface area (Å²) in [4.78, 5) is 4.98. The molecule has 0 aromatic heterocycles. The molecule has 7 nitrogen and oxygen atoms in total. The molecule has 2 aliphatic rings. The zero-order valence-corrected chi connectivity index (χ0v) is 17.7. The fraction of sp³-hybridized carbons (Fsp3) is 0.650. The first-order valence-corrected chi connectivity index (χ1v) is 11.6. The largest absolute Gasteiger partial charge is 0.373 e. The maximum atomic E-state index is 12.6. The molecule has 2 aliphatic heterocycles. The summed E-state index contributed by atoms with van der Waals surface area (Å²) < 4.78 is 32.6. The van der Waals surface area contributed by atoms with Gasteiger partial charge in [0.15, 0.2) is 5.96 Å². The van der Waals surface area contributed by atoms with Gasteiger partial charge in [-0.15, -0.1) is 0 Å². The third kappa shape index (κ3) is 5.24. The predicted octanol–water partition coefficient (Wildman–Crippen LogP) is 2.10. The highest BCUT2D eigenvalue weighted by Gasteiger charge is 2.30. The van der Waals surface area contributed by atoms with Gasteiger partial charge < -0.3 is 15.4 Å². The van der Waals surface area contributed by atoms with Crippen LogP contribution in [0.2, 0.25) is 0 Å². The maximum Gasteiger partial charge on any atom is 0.243 e. The molecule has 8 heteroatoms. The van der Waals surface area contributed by atoms with Crippen molar-refractivity contribution < 1.29 is 13.2 Å². The molecular weight excluding hydrogens is 376 g/mol. The molecule has 0 aliphatic carbocycles. The van der Waals surface area contributed by atoms with Crippen LogP contribution in [0.15, 0.2) is 34.2 Å². The van der Waals surface area contributed by atoms with Crippen molar-refractivity contribution in [3.8, 4) is 0 Å². The van der Waals surface area contributed by atoms with Crippen LogP contribution in [0, 0.1) is 0 Å². The van der Waals surface area contributed by atoms with E-state index in [2.05, 4.69) is 22.5 Å². The average molecular weight is 409 g/mol. The quantitative estimate of drug-likeness (QED) is 0.533. The van der Waals surface area contributed by atoms with Crippen molar-refractivity contribution in [1.29, 1.82) is 0 Å². The zero-order chi connectivity index (χ0) is 20.0. The molecule has 0 amide bonds. The highest BCUT2D eigenvalue weighted by Crippen LogP contribution is 2.24. The van der Waals surface area contributed by atoms with Crippen molar-refractivity contribution in [1.82, 2.24) is 14.9 Å². The molecule has 1 atom stereocenters. The second-order valence-corrected chi connectivity index (χ2v) is 9.64. The Morgan fingerprint density at radius 3 is 2.50 bits per heavy atom. The van der Waals surface area contributed by atoms with Crippen molar-refractivity contribution in [2.24, 2.45) is 4.99 Å². The van der Waals surface area contributed by atoms with Crippen LogP contribution < -0.4 is 10.6 Å². The monoisotopic (exact) mass is 408 g/mol. The van der Waals surface area contributed by atoms with Gasteiger partial charge in [0, 0.05) is 32.8 Å². The Morgan fingerprint density at radius 2 is 1.89 bits per heavy atom. The van der Waals surface area contributed by atoms with E-state index in [0.717, 1.165) is 50.4 Å². The number of aliphatic imine (C=N–C) groups is 1. The number of guanidine groups is 1. The van der Waals surface area contributed by atoms with Crippen LogP contribution in [-0.2, 0) is 21.3 Å². The Labute approximate surface area is 168 Å². The number of sulfonamides is 1. The topological polar surface area (TPSA) is 83.0 Å². The molecular formula is C20H32N4O3S. The van der Waals surface area contributed by atoms with Crippen LogP contribution in [0.5, 0.6) is 0 Å². The van der Waals surface area contributed by atoms with Gasteiger partial charge >= 0.3 is 0 Å². The molecule has 1 aromatic rings. The van der Waals surface area contributed by atoms with Gasteiger partial charge in [0.1, 0.15) is 0 Å². The highest BCUT2D eigenvalue weighted by atomic mass is 32.2. The van der Waals surface area contributed by atoms with Gasteiger partial charge in [0.25, 0.3) is 0 Å². The molecule has 0 bridgehead atoms. The van der Waals surface area contributed by atoms with Crippen molar-refractivity contribution in [2.75, 3.05) is 32.8 Å². The van der Waals surface area contributed by atoms with E-state index < -0.39 is 10.0 Å². The summed E-state index contributed by atoms with van der Waals surface area (Å²) in [6.45, 7) is 8.18. The summed E-state index contributed by atoms with van der Waals surface area (Å²) >= 11 is 0. The maximum absolute atomic E-state index is 12.6. The van der Waals surface area contributed by atoms with E-state index in [9.17, 15) is 8.42 Å². The molecule has 156 valence electrons. The van der Waals surface area contributed by atoms with Gasteiger partial charge in [0.2, 0.25) is 10.0 Å². The first-order valence-electron chi connectivity index (χ1n) is 10.2. The molecule has 3 rings (SSSR count). The predicted molar refractivity (Wildman–Crippen MR) is 111 cm³/mol. The van der Waals surface area contributed by atoms with Gasteiger partial charge in [-0.05, 0) is 57.2 Å². The average Bonchev–Trinajstić information content (AvgIpc) is 3.37. The number of hydrogen-bond acceptors (Lipinski definition) is 4. The summed E-state index contributed by atoms with van der Waals surface area (Å²) in [5.41, 5.74) is 0.836. The molecule has 2 fully saturated rings. The first kappa shape index (κ1) is 21.1. The number of ether oxygens (including phenoxy) is 1. The fourth-order valence-corrected chi connectivity index (χ4v) is 5.12. The Balaban J connectivity index is 1.61. The van der Waals surface area contributed by atoms with E-state index >= 15 is 0 Å². The van der Waals surface area contributed by atoms with Gasteiger partial charge in [-0.1, -0.05) is 12.1 Å². The first-order chi connectivity index (χ1) is 13.4. The third-order valence-corrected chi connectivity index (χ3v) is 7.23. The lowest BCUT2D eigenvalue weighted by Gasteiger charge is -2.24. The second-order valence-electron chi connectivity index (χ2n) is 7.71. The van der Waals surface area contributed by atoms with Crippen LogP contribution in [0.3, 0.4) is 0 Å². The SMILES string of the molecule is CCNC(=NCc1ccc(S(=O)(=O)N2CCCC2)cc1)NCC1(C)CCCO1. The molecule has 0 spiro atoms. The van der Waals surface area contributed by atoms with E-state index in [-0.39, 0.29) is 5.60 Å². The minimum Gasteiger partial charge on any atom is -0.373 e. The van der Waals surface area contributed by atoms with Crippen molar-refractivity contribution >= 4 is 16.0 Å². The lowest BCUT2D eigenvalue weighted by atomic mass is 10.0. The Kier molecular flexibility index (Phi) is 6.95. The van der Waals surface area contributed by atoms with Crippen LogP contribution in [0.4, 0.5) is 0 Å². The number of nitrogens with one attached hydrogen (secondary N) is 2. The van der Waals surface area contributed by atoms with Gasteiger partial charge in [0.05, 0.1) is 17.0 Å².